The Morgan fingerprint density at radius 3 is 2.42 bits per heavy atom. The van der Waals surface area contributed by atoms with Gasteiger partial charge in [0.2, 0.25) is 5.91 Å². The summed E-state index contributed by atoms with van der Waals surface area (Å²) in [5.74, 6) is -0.382. The normalized spacial score (nSPS) is 17.6. The molecule has 1 unspecified atom stereocenters. The minimum Gasteiger partial charge on any atom is -0.354 e. The van der Waals surface area contributed by atoms with Gasteiger partial charge in [-0.1, -0.05) is 67.0 Å². The molecule has 8 heteroatoms. The fourth-order valence-electron chi connectivity index (χ4n) is 3.24. The highest BCUT2D eigenvalue weighted by molar-refractivity contribution is 8.05. The van der Waals surface area contributed by atoms with Crippen molar-refractivity contribution in [3.05, 3.63) is 74.2 Å². The molecule has 1 fully saturated rings. The third kappa shape index (κ3) is 4.90. The van der Waals surface area contributed by atoms with Crippen LogP contribution in [0.25, 0.3) is 0 Å². The Hall–Kier alpha value is -2.46. The van der Waals surface area contributed by atoms with E-state index in [1.807, 2.05) is 36.4 Å². The van der Waals surface area contributed by atoms with E-state index in [4.69, 9.17) is 23.2 Å². The van der Waals surface area contributed by atoms with Crippen molar-refractivity contribution in [3.63, 3.8) is 0 Å². The predicted octanol–water partition coefficient (Wildman–Crippen LogP) is 5.29. The van der Waals surface area contributed by atoms with Crippen LogP contribution in [0.1, 0.15) is 30.9 Å². The molecule has 5 nitrogen and oxygen atoms in total. The Kier molecular flexibility index (Phi) is 7.32. The Bertz CT molecular complexity index is 1090. The molecular formula is C23H21Cl2N3O2S. The number of carbonyl (C=O) groups excluding carboxylic acids is 2. The first-order chi connectivity index (χ1) is 14.8. The molecule has 1 aliphatic rings. The summed E-state index contributed by atoms with van der Waals surface area (Å²) in [5.41, 5.74) is 2.50. The van der Waals surface area contributed by atoms with Crippen LogP contribution >= 0.6 is 35.0 Å². The summed E-state index contributed by atoms with van der Waals surface area (Å²) in [6.45, 7) is 4.17. The first-order valence-corrected chi connectivity index (χ1v) is 11.3. The summed E-state index contributed by atoms with van der Waals surface area (Å²) in [6, 6.07) is 14.8. The number of nitrogens with one attached hydrogen (secondary N) is 1. The van der Waals surface area contributed by atoms with Crippen molar-refractivity contribution in [2.45, 2.75) is 31.4 Å². The number of amides is 2. The van der Waals surface area contributed by atoms with E-state index in [9.17, 15) is 14.9 Å². The number of benzene rings is 2. The lowest BCUT2D eigenvalue weighted by atomic mass is 10.0. The zero-order chi connectivity index (χ0) is 22.7. The Morgan fingerprint density at radius 2 is 1.87 bits per heavy atom. The van der Waals surface area contributed by atoms with Gasteiger partial charge < -0.3 is 5.32 Å². The van der Waals surface area contributed by atoms with Crippen LogP contribution < -0.4 is 10.2 Å². The quantitative estimate of drug-likeness (QED) is 0.472. The van der Waals surface area contributed by atoms with Crippen LogP contribution in [0, 0.1) is 11.3 Å². The Morgan fingerprint density at radius 1 is 1.19 bits per heavy atom. The van der Waals surface area contributed by atoms with Crippen LogP contribution in [0.4, 0.5) is 5.69 Å². The van der Waals surface area contributed by atoms with Crippen molar-refractivity contribution in [1.82, 2.24) is 5.32 Å². The summed E-state index contributed by atoms with van der Waals surface area (Å²) in [5, 5.41) is 12.8. The van der Waals surface area contributed by atoms with Gasteiger partial charge in [0.05, 0.1) is 15.3 Å². The van der Waals surface area contributed by atoms with Gasteiger partial charge in [0.25, 0.3) is 5.91 Å². The van der Waals surface area contributed by atoms with Crippen molar-refractivity contribution in [2.24, 2.45) is 0 Å². The van der Waals surface area contributed by atoms with Gasteiger partial charge in [0, 0.05) is 12.7 Å². The Balaban J connectivity index is 2.03. The second-order valence-corrected chi connectivity index (χ2v) is 9.36. The summed E-state index contributed by atoms with van der Waals surface area (Å²) in [6.07, 6.45) is 0.386. The lowest BCUT2D eigenvalue weighted by molar-refractivity contribution is -0.117. The fraction of sp³-hybridized carbons (Fsp3) is 0.261. The van der Waals surface area contributed by atoms with Gasteiger partial charge in [0.1, 0.15) is 16.7 Å². The van der Waals surface area contributed by atoms with Crippen LogP contribution in [0.15, 0.2) is 53.1 Å². The molecule has 0 radical (unpaired) electrons. The lowest BCUT2D eigenvalue weighted by Gasteiger charge is -2.19. The zero-order valence-corrected chi connectivity index (χ0v) is 19.6. The molecule has 1 heterocycles. The van der Waals surface area contributed by atoms with Crippen LogP contribution in [0.3, 0.4) is 0 Å². The van der Waals surface area contributed by atoms with E-state index in [1.165, 1.54) is 23.7 Å². The van der Waals surface area contributed by atoms with Gasteiger partial charge in [-0.2, -0.15) is 5.26 Å². The van der Waals surface area contributed by atoms with Crippen molar-refractivity contribution < 1.29 is 9.59 Å². The average molecular weight is 474 g/mol. The number of nitriles is 1. The van der Waals surface area contributed by atoms with Gasteiger partial charge in [-0.05, 0) is 47.7 Å². The number of halogens is 2. The average Bonchev–Trinajstić information content (AvgIpc) is 3.06. The molecule has 1 saturated heterocycles. The monoisotopic (exact) mass is 473 g/mol. The summed E-state index contributed by atoms with van der Waals surface area (Å²) >= 11 is 13.3. The van der Waals surface area contributed by atoms with E-state index >= 15 is 0 Å². The van der Waals surface area contributed by atoms with E-state index in [-0.39, 0.29) is 11.5 Å². The van der Waals surface area contributed by atoms with Gasteiger partial charge >= 0.3 is 0 Å². The topological polar surface area (TPSA) is 73.2 Å². The van der Waals surface area contributed by atoms with E-state index in [2.05, 4.69) is 19.2 Å². The van der Waals surface area contributed by atoms with Crippen molar-refractivity contribution >= 4 is 52.5 Å². The second kappa shape index (κ2) is 9.78. The largest absolute Gasteiger partial charge is 0.354 e. The van der Waals surface area contributed by atoms with E-state index in [0.717, 1.165) is 11.1 Å². The highest BCUT2D eigenvalue weighted by Gasteiger charge is 2.40. The number of carbonyl (C=O) groups is 2. The molecule has 2 aromatic carbocycles. The maximum absolute atomic E-state index is 13.4. The predicted molar refractivity (Wildman–Crippen MR) is 126 cm³/mol. The van der Waals surface area contributed by atoms with Crippen LogP contribution in [0.2, 0.25) is 10.0 Å². The highest BCUT2D eigenvalue weighted by Crippen LogP contribution is 2.42. The Labute approximate surface area is 196 Å². The minimum atomic E-state index is -0.531. The molecule has 1 N–H and O–H groups in total. The lowest BCUT2D eigenvalue weighted by Crippen LogP contribution is -2.31. The standard InChI is InChI=1S/C23H21Cl2N3O2S/c1-13(2)15-5-7-16(8-6-15)28-22(30)20(11-14-4-9-18(24)19(25)10-14)31-23(28)17(12-26)21(29)27-3/h4-10,13,20H,11H2,1-3H3,(H,27,29)/b23-17-. The first-order valence-electron chi connectivity index (χ1n) is 9.67. The third-order valence-electron chi connectivity index (χ3n) is 4.96. The number of anilines is 1. The summed E-state index contributed by atoms with van der Waals surface area (Å²) in [4.78, 5) is 27.2. The van der Waals surface area contributed by atoms with E-state index < -0.39 is 11.2 Å². The molecule has 2 amide bonds. The molecule has 31 heavy (non-hydrogen) atoms. The molecule has 0 aliphatic carbocycles. The number of hydrogen-bond donors (Lipinski definition) is 1. The van der Waals surface area contributed by atoms with Crippen molar-refractivity contribution in [1.29, 1.82) is 5.26 Å². The number of rotatable bonds is 5. The molecule has 2 aromatic rings. The molecule has 1 aliphatic heterocycles. The molecule has 0 bridgehead atoms. The van der Waals surface area contributed by atoms with Gasteiger partial charge in [0.15, 0.2) is 0 Å². The summed E-state index contributed by atoms with van der Waals surface area (Å²) < 4.78 is 0. The van der Waals surface area contributed by atoms with Crippen LogP contribution in [0.5, 0.6) is 0 Å². The van der Waals surface area contributed by atoms with Gasteiger partial charge in [-0.15, -0.1) is 0 Å². The number of thioether (sulfide) groups is 1. The highest BCUT2D eigenvalue weighted by atomic mass is 35.5. The van der Waals surface area contributed by atoms with Crippen LogP contribution in [-0.4, -0.2) is 24.1 Å². The smallest absolute Gasteiger partial charge is 0.264 e. The van der Waals surface area contributed by atoms with Crippen molar-refractivity contribution in [2.75, 3.05) is 11.9 Å². The summed E-state index contributed by atoms with van der Waals surface area (Å²) in [7, 11) is 1.45. The molecular weight excluding hydrogens is 453 g/mol. The van der Waals surface area contributed by atoms with Gasteiger partial charge in [-0.3, -0.25) is 14.5 Å². The third-order valence-corrected chi connectivity index (χ3v) is 6.96. The SMILES string of the molecule is CNC(=O)/C(C#N)=C1\SC(Cc2ccc(Cl)c(Cl)c2)C(=O)N1c1ccc(C(C)C)cc1. The van der Waals surface area contributed by atoms with Crippen molar-refractivity contribution in [3.8, 4) is 6.07 Å². The molecule has 0 spiro atoms. The number of nitrogens with zero attached hydrogens (tertiary/aromatic N) is 2. The van der Waals surface area contributed by atoms with E-state index in [0.29, 0.717) is 33.1 Å². The number of likely N-dealkylation sites (N-methyl/N-ethyl adjacent to an activating group) is 1. The second-order valence-electron chi connectivity index (χ2n) is 7.35. The zero-order valence-electron chi connectivity index (χ0n) is 17.3. The number of hydrogen-bond acceptors (Lipinski definition) is 4. The van der Waals surface area contributed by atoms with E-state index in [1.54, 1.807) is 12.1 Å². The minimum absolute atomic E-state index is 0.0922. The molecule has 160 valence electrons. The first kappa shape index (κ1) is 23.2. The van der Waals surface area contributed by atoms with Gasteiger partial charge in [-0.25, -0.2) is 0 Å². The maximum Gasteiger partial charge on any atom is 0.264 e. The molecule has 0 aromatic heterocycles. The van der Waals surface area contributed by atoms with Crippen LogP contribution in [-0.2, 0) is 16.0 Å². The maximum atomic E-state index is 13.4. The molecule has 3 rings (SSSR count). The fourth-order valence-corrected chi connectivity index (χ4v) is 4.87. The molecule has 1 atom stereocenters. The molecule has 0 saturated carbocycles.